The molecule has 1 aliphatic rings. The molecule has 2 heterocycles. The number of carbonyl (C=O) groups excluding carboxylic acids is 2. The Balaban J connectivity index is 1.92. The average Bonchev–Trinajstić information content (AvgIpc) is 3.33. The summed E-state index contributed by atoms with van der Waals surface area (Å²) in [5, 5.41) is 27.5. The van der Waals surface area contributed by atoms with Gasteiger partial charge in [0, 0.05) is 30.3 Å². The molecule has 0 aliphatic carbocycles. The van der Waals surface area contributed by atoms with Gasteiger partial charge in [0.15, 0.2) is 4.32 Å². The van der Waals surface area contributed by atoms with Crippen LogP contribution in [0.25, 0.3) is 23.0 Å². The van der Waals surface area contributed by atoms with Crippen LogP contribution in [0.3, 0.4) is 0 Å². The van der Waals surface area contributed by atoms with Crippen LogP contribution in [0.2, 0.25) is 5.02 Å². The maximum Gasteiger partial charge on any atom is 0.301 e. The van der Waals surface area contributed by atoms with Crippen LogP contribution in [0.4, 0.5) is 11.4 Å². The molecule has 0 atom stereocenters. The van der Waals surface area contributed by atoms with E-state index in [0.717, 1.165) is 28.8 Å². The van der Waals surface area contributed by atoms with Gasteiger partial charge in [-0.05, 0) is 18.2 Å². The molecule has 14 heteroatoms. The van der Waals surface area contributed by atoms with E-state index in [0.29, 0.717) is 16.1 Å². The largest absolute Gasteiger partial charge is 0.301 e. The van der Waals surface area contributed by atoms with Crippen molar-refractivity contribution >= 4 is 69.2 Å². The van der Waals surface area contributed by atoms with Crippen molar-refractivity contribution < 1.29 is 19.4 Å². The van der Waals surface area contributed by atoms with Crippen LogP contribution in [-0.4, -0.2) is 40.7 Å². The van der Waals surface area contributed by atoms with Gasteiger partial charge in [-0.15, -0.1) is 0 Å². The van der Waals surface area contributed by atoms with Gasteiger partial charge < -0.3 is 0 Å². The molecule has 1 saturated heterocycles. The summed E-state index contributed by atoms with van der Waals surface area (Å²) in [5.41, 5.74) is 0.0932. The number of amides is 2. The molecule has 176 valence electrons. The number of thioether (sulfide) groups is 1. The minimum absolute atomic E-state index is 0.0372. The molecule has 0 radical (unpaired) electrons. The van der Waals surface area contributed by atoms with Gasteiger partial charge in [-0.25, -0.2) is 9.58 Å². The number of hydrogen-bond donors (Lipinski definition) is 0. The van der Waals surface area contributed by atoms with Gasteiger partial charge in [0.2, 0.25) is 5.91 Å². The standard InChI is InChI=1S/C21H12ClN5O6S2/c1-11(28)25-20(29)18(35-21(25)34)8-12-10-24(23-19(12)14-4-2-3-5-15(14)22)16-7-6-13(26(30)31)9-17(16)27(32)33/h2-10H,1H3/b18-8-. The van der Waals surface area contributed by atoms with Crippen LogP contribution in [0.1, 0.15) is 12.5 Å². The molecule has 0 saturated carbocycles. The normalized spacial score (nSPS) is 14.6. The number of benzene rings is 2. The van der Waals surface area contributed by atoms with E-state index in [2.05, 4.69) is 5.10 Å². The molecule has 0 unspecified atom stereocenters. The van der Waals surface area contributed by atoms with Gasteiger partial charge in [0.05, 0.1) is 25.8 Å². The number of non-ortho nitro benzene ring substituents is 1. The summed E-state index contributed by atoms with van der Waals surface area (Å²) in [5.74, 6) is -1.13. The molecule has 3 aromatic rings. The van der Waals surface area contributed by atoms with E-state index in [1.807, 2.05) is 0 Å². The molecular formula is C21H12ClN5O6S2. The maximum absolute atomic E-state index is 12.7. The van der Waals surface area contributed by atoms with E-state index in [-0.39, 0.29) is 20.6 Å². The third-order valence-electron chi connectivity index (χ3n) is 4.88. The molecule has 0 bridgehead atoms. The Morgan fingerprint density at radius 1 is 1.17 bits per heavy atom. The van der Waals surface area contributed by atoms with Crippen molar-refractivity contribution in [1.29, 1.82) is 0 Å². The van der Waals surface area contributed by atoms with E-state index < -0.39 is 33.0 Å². The molecule has 2 aromatic carbocycles. The zero-order valence-electron chi connectivity index (χ0n) is 17.6. The van der Waals surface area contributed by atoms with E-state index >= 15 is 0 Å². The number of hydrogen-bond acceptors (Lipinski definition) is 9. The summed E-state index contributed by atoms with van der Waals surface area (Å²) in [4.78, 5) is 46.8. The van der Waals surface area contributed by atoms with Gasteiger partial charge in [0.25, 0.3) is 11.6 Å². The predicted octanol–water partition coefficient (Wildman–Crippen LogP) is 4.76. The van der Waals surface area contributed by atoms with Crippen molar-refractivity contribution in [3.05, 3.63) is 84.4 Å². The van der Waals surface area contributed by atoms with Gasteiger partial charge in [-0.3, -0.25) is 29.8 Å². The Morgan fingerprint density at radius 2 is 1.89 bits per heavy atom. The van der Waals surface area contributed by atoms with Crippen molar-refractivity contribution in [2.45, 2.75) is 6.92 Å². The lowest BCUT2D eigenvalue weighted by Gasteiger charge is -2.07. The molecule has 0 N–H and O–H groups in total. The monoisotopic (exact) mass is 529 g/mol. The molecule has 1 fully saturated rings. The van der Waals surface area contributed by atoms with Crippen molar-refractivity contribution in [2.24, 2.45) is 0 Å². The number of imide groups is 1. The van der Waals surface area contributed by atoms with Crippen molar-refractivity contribution in [2.75, 3.05) is 0 Å². The first kappa shape index (κ1) is 24.2. The van der Waals surface area contributed by atoms with Crippen LogP contribution in [0.5, 0.6) is 0 Å². The van der Waals surface area contributed by atoms with Crippen molar-refractivity contribution in [3.63, 3.8) is 0 Å². The molecule has 11 nitrogen and oxygen atoms in total. The second kappa shape index (κ2) is 9.37. The van der Waals surface area contributed by atoms with Gasteiger partial charge in [0.1, 0.15) is 11.4 Å². The summed E-state index contributed by atoms with van der Waals surface area (Å²) in [6.45, 7) is 1.22. The van der Waals surface area contributed by atoms with E-state index in [1.165, 1.54) is 29.9 Å². The number of nitro benzene ring substituents is 2. The predicted molar refractivity (Wildman–Crippen MR) is 133 cm³/mol. The molecular weight excluding hydrogens is 518 g/mol. The lowest BCUT2D eigenvalue weighted by Crippen LogP contribution is -2.32. The zero-order chi connectivity index (χ0) is 25.4. The number of thiocarbonyl (C=S) groups is 1. The number of halogens is 1. The lowest BCUT2D eigenvalue weighted by atomic mass is 10.1. The van der Waals surface area contributed by atoms with Gasteiger partial charge >= 0.3 is 5.69 Å². The second-order valence-electron chi connectivity index (χ2n) is 7.08. The highest BCUT2D eigenvalue weighted by atomic mass is 35.5. The first-order valence-corrected chi connectivity index (χ1v) is 11.2. The fourth-order valence-corrected chi connectivity index (χ4v) is 4.89. The third-order valence-corrected chi connectivity index (χ3v) is 6.51. The molecule has 1 aromatic heterocycles. The molecule has 4 rings (SSSR count). The quantitative estimate of drug-likeness (QED) is 0.198. The van der Waals surface area contributed by atoms with Crippen molar-refractivity contribution in [1.82, 2.24) is 14.7 Å². The van der Waals surface area contributed by atoms with Crippen LogP contribution >= 0.6 is 35.6 Å². The Hall–Kier alpha value is -3.94. The Bertz CT molecular complexity index is 1480. The Kier molecular flexibility index (Phi) is 6.47. The minimum Gasteiger partial charge on any atom is -0.274 e. The van der Waals surface area contributed by atoms with E-state index in [9.17, 15) is 29.8 Å². The van der Waals surface area contributed by atoms with E-state index in [1.54, 1.807) is 24.3 Å². The average molecular weight is 530 g/mol. The van der Waals surface area contributed by atoms with Crippen molar-refractivity contribution in [3.8, 4) is 16.9 Å². The topological polar surface area (TPSA) is 141 Å². The molecule has 1 aliphatic heterocycles. The lowest BCUT2D eigenvalue weighted by molar-refractivity contribution is -0.394. The number of rotatable bonds is 5. The summed E-state index contributed by atoms with van der Waals surface area (Å²) >= 11 is 12.4. The molecule has 2 amide bonds. The smallest absolute Gasteiger partial charge is 0.274 e. The van der Waals surface area contributed by atoms with Crippen LogP contribution in [0, 0.1) is 20.2 Å². The van der Waals surface area contributed by atoms with Crippen LogP contribution in [0.15, 0.2) is 53.6 Å². The third kappa shape index (κ3) is 4.56. The fraction of sp³-hybridized carbons (Fsp3) is 0.0476. The minimum atomic E-state index is -0.753. The zero-order valence-corrected chi connectivity index (χ0v) is 20.0. The summed E-state index contributed by atoms with van der Waals surface area (Å²) in [7, 11) is 0. The highest BCUT2D eigenvalue weighted by molar-refractivity contribution is 8.26. The summed E-state index contributed by atoms with van der Waals surface area (Å²) < 4.78 is 1.25. The number of nitro groups is 2. The number of nitrogens with zero attached hydrogens (tertiary/aromatic N) is 5. The molecule has 0 spiro atoms. The van der Waals surface area contributed by atoms with Gasteiger partial charge in [-0.1, -0.05) is 53.8 Å². The first-order valence-electron chi connectivity index (χ1n) is 9.64. The summed E-state index contributed by atoms with van der Waals surface area (Å²) in [6, 6.07) is 9.90. The fourth-order valence-electron chi connectivity index (χ4n) is 3.32. The van der Waals surface area contributed by atoms with Gasteiger partial charge in [-0.2, -0.15) is 5.10 Å². The maximum atomic E-state index is 12.7. The Labute approximate surface area is 211 Å². The summed E-state index contributed by atoms with van der Waals surface area (Å²) in [6.07, 6.45) is 2.88. The molecule has 35 heavy (non-hydrogen) atoms. The SMILES string of the molecule is CC(=O)N1C(=O)/C(=C/c2cn(-c3ccc([N+](=O)[O-])cc3[N+](=O)[O-])nc2-c2ccccc2Cl)SC1=S. The number of aromatic nitrogens is 2. The van der Waals surface area contributed by atoms with Crippen LogP contribution in [-0.2, 0) is 9.59 Å². The van der Waals surface area contributed by atoms with E-state index in [4.69, 9.17) is 23.8 Å². The second-order valence-corrected chi connectivity index (χ2v) is 9.16. The highest BCUT2D eigenvalue weighted by Crippen LogP contribution is 2.37. The Morgan fingerprint density at radius 3 is 2.49 bits per heavy atom. The van der Waals surface area contributed by atoms with Crippen LogP contribution < -0.4 is 0 Å². The highest BCUT2D eigenvalue weighted by Gasteiger charge is 2.35. The number of carbonyl (C=O) groups is 2. The first-order chi connectivity index (χ1) is 16.6.